The molecule has 0 aliphatic rings. The van der Waals surface area contributed by atoms with Crippen LogP contribution in [0, 0.1) is 5.92 Å². The van der Waals surface area contributed by atoms with Crippen LogP contribution in [0.2, 0.25) is 0 Å². The average molecular weight is 156 g/mol. The second kappa shape index (κ2) is 6.10. The van der Waals surface area contributed by atoms with Crippen LogP contribution in [0.4, 0.5) is 0 Å². The van der Waals surface area contributed by atoms with E-state index in [0.29, 0.717) is 6.42 Å². The smallest absolute Gasteiger partial charge is 0.125 e. The lowest BCUT2D eigenvalue weighted by atomic mass is 10.0. The zero-order chi connectivity index (χ0) is 8.69. The molecule has 0 bridgehead atoms. The molecule has 2 unspecified atom stereocenters. The maximum atomic E-state index is 10.2. The predicted molar refractivity (Wildman–Crippen MR) is 45.3 cm³/mol. The quantitative estimate of drug-likeness (QED) is 0.360. The molecule has 0 fully saturated rings. The Labute approximate surface area is 67.9 Å². The Bertz CT molecular complexity index is 121. The van der Waals surface area contributed by atoms with E-state index < -0.39 is 6.10 Å². The van der Waals surface area contributed by atoms with Gasteiger partial charge in [0.2, 0.25) is 0 Å². The summed E-state index contributed by atoms with van der Waals surface area (Å²) >= 11 is 0. The van der Waals surface area contributed by atoms with E-state index in [4.69, 9.17) is 0 Å². The highest BCUT2D eigenvalue weighted by molar-refractivity contribution is 5.53. The van der Waals surface area contributed by atoms with Gasteiger partial charge in [0.05, 0.1) is 6.10 Å². The van der Waals surface area contributed by atoms with E-state index in [-0.39, 0.29) is 5.92 Å². The van der Waals surface area contributed by atoms with Crippen LogP contribution in [0.5, 0.6) is 0 Å². The van der Waals surface area contributed by atoms with Crippen molar-refractivity contribution in [3.05, 3.63) is 12.7 Å². The van der Waals surface area contributed by atoms with Crippen LogP contribution >= 0.6 is 0 Å². The summed E-state index contributed by atoms with van der Waals surface area (Å²) in [5.74, 6) is -0.236. The normalized spacial score (nSPS) is 15.5. The third kappa shape index (κ3) is 4.73. The number of unbranched alkanes of at least 4 members (excludes halogenated alkanes) is 1. The summed E-state index contributed by atoms with van der Waals surface area (Å²) in [6.45, 7) is 5.30. The van der Waals surface area contributed by atoms with Crippen molar-refractivity contribution in [1.29, 1.82) is 0 Å². The molecule has 0 heterocycles. The molecule has 0 saturated heterocycles. The highest BCUT2D eigenvalue weighted by Gasteiger charge is 2.11. The van der Waals surface area contributed by atoms with Gasteiger partial charge in [0.15, 0.2) is 0 Å². The average Bonchev–Trinajstić information content (AvgIpc) is 2.03. The molecule has 2 atom stereocenters. The van der Waals surface area contributed by atoms with Crippen molar-refractivity contribution in [2.24, 2.45) is 5.92 Å². The number of carbonyl (C=O) groups is 1. The summed E-state index contributed by atoms with van der Waals surface area (Å²) in [6.07, 6.45) is 4.63. The highest BCUT2D eigenvalue weighted by atomic mass is 16.3. The van der Waals surface area contributed by atoms with Gasteiger partial charge in [0.25, 0.3) is 0 Å². The first-order valence-electron chi connectivity index (χ1n) is 3.96. The molecule has 1 N–H and O–H groups in total. The Hall–Kier alpha value is -0.630. The van der Waals surface area contributed by atoms with E-state index in [1.807, 2.05) is 6.08 Å². The second-order valence-electron chi connectivity index (χ2n) is 2.78. The van der Waals surface area contributed by atoms with Gasteiger partial charge < -0.3 is 9.90 Å². The summed E-state index contributed by atoms with van der Waals surface area (Å²) in [7, 11) is 0. The standard InChI is InChI=1S/C9H16O2/c1-3-4-5-6-9(11)8(2)7-10/h3,7-9,11H,1,4-6H2,2H3. The van der Waals surface area contributed by atoms with Crippen LogP contribution in [0.1, 0.15) is 26.2 Å². The fraction of sp³-hybridized carbons (Fsp3) is 0.667. The Kier molecular flexibility index (Phi) is 5.75. The van der Waals surface area contributed by atoms with E-state index in [2.05, 4.69) is 6.58 Å². The molecule has 2 heteroatoms. The number of hydrogen-bond acceptors (Lipinski definition) is 2. The molecule has 0 spiro atoms. The van der Waals surface area contributed by atoms with Gasteiger partial charge in [0.1, 0.15) is 6.29 Å². The van der Waals surface area contributed by atoms with E-state index in [9.17, 15) is 9.90 Å². The molecule has 0 aromatic rings. The van der Waals surface area contributed by atoms with Crippen LogP contribution < -0.4 is 0 Å². The Morgan fingerprint density at radius 2 is 2.27 bits per heavy atom. The Morgan fingerprint density at radius 1 is 1.64 bits per heavy atom. The second-order valence-corrected chi connectivity index (χ2v) is 2.78. The largest absolute Gasteiger partial charge is 0.392 e. The van der Waals surface area contributed by atoms with Crippen molar-refractivity contribution in [3.63, 3.8) is 0 Å². The number of hydrogen-bond donors (Lipinski definition) is 1. The molecular formula is C9H16O2. The zero-order valence-corrected chi connectivity index (χ0v) is 6.99. The van der Waals surface area contributed by atoms with E-state index in [1.54, 1.807) is 6.92 Å². The van der Waals surface area contributed by atoms with Crippen LogP contribution in [-0.4, -0.2) is 17.5 Å². The number of aldehydes is 1. The molecule has 0 aromatic carbocycles. The van der Waals surface area contributed by atoms with Gasteiger partial charge in [-0.1, -0.05) is 13.0 Å². The van der Waals surface area contributed by atoms with Gasteiger partial charge in [-0.15, -0.1) is 6.58 Å². The molecule has 2 nitrogen and oxygen atoms in total. The number of aliphatic hydroxyl groups is 1. The van der Waals surface area contributed by atoms with Crippen molar-refractivity contribution in [3.8, 4) is 0 Å². The first kappa shape index (κ1) is 10.4. The van der Waals surface area contributed by atoms with Gasteiger partial charge >= 0.3 is 0 Å². The minimum atomic E-state index is -0.479. The third-order valence-corrected chi connectivity index (χ3v) is 1.73. The SMILES string of the molecule is C=CCCCC(O)C(C)C=O. The molecule has 0 aliphatic carbocycles. The van der Waals surface area contributed by atoms with Crippen LogP contribution in [-0.2, 0) is 4.79 Å². The molecular weight excluding hydrogens is 140 g/mol. The number of allylic oxidation sites excluding steroid dienone is 1. The van der Waals surface area contributed by atoms with E-state index >= 15 is 0 Å². The van der Waals surface area contributed by atoms with Gasteiger partial charge in [0, 0.05) is 5.92 Å². The Morgan fingerprint density at radius 3 is 2.73 bits per heavy atom. The fourth-order valence-corrected chi connectivity index (χ4v) is 0.825. The topological polar surface area (TPSA) is 37.3 Å². The first-order chi connectivity index (χ1) is 5.22. The van der Waals surface area contributed by atoms with Crippen molar-refractivity contribution < 1.29 is 9.90 Å². The van der Waals surface area contributed by atoms with Crippen molar-refractivity contribution in [2.75, 3.05) is 0 Å². The lowest BCUT2D eigenvalue weighted by Gasteiger charge is -2.11. The van der Waals surface area contributed by atoms with Crippen LogP contribution in [0.3, 0.4) is 0 Å². The highest BCUT2D eigenvalue weighted by Crippen LogP contribution is 2.08. The summed E-state index contributed by atoms with van der Waals surface area (Å²) in [5, 5.41) is 9.28. The molecule has 0 radical (unpaired) electrons. The summed E-state index contributed by atoms with van der Waals surface area (Å²) in [6, 6.07) is 0. The number of carbonyl (C=O) groups excluding carboxylic acids is 1. The number of aliphatic hydroxyl groups excluding tert-OH is 1. The van der Waals surface area contributed by atoms with E-state index in [1.165, 1.54) is 0 Å². The fourth-order valence-electron chi connectivity index (χ4n) is 0.825. The van der Waals surface area contributed by atoms with Gasteiger partial charge in [-0.2, -0.15) is 0 Å². The maximum absolute atomic E-state index is 10.2. The van der Waals surface area contributed by atoms with Crippen molar-refractivity contribution >= 4 is 6.29 Å². The van der Waals surface area contributed by atoms with Crippen molar-refractivity contribution in [1.82, 2.24) is 0 Å². The lowest BCUT2D eigenvalue weighted by molar-refractivity contribution is -0.113. The van der Waals surface area contributed by atoms with E-state index in [0.717, 1.165) is 19.1 Å². The Balaban J connectivity index is 3.42. The van der Waals surface area contributed by atoms with Crippen molar-refractivity contribution in [2.45, 2.75) is 32.3 Å². The molecule has 0 saturated carbocycles. The van der Waals surface area contributed by atoms with Crippen LogP contribution in [0.15, 0.2) is 12.7 Å². The molecule has 64 valence electrons. The molecule has 0 rings (SSSR count). The third-order valence-electron chi connectivity index (χ3n) is 1.73. The summed E-state index contributed by atoms with van der Waals surface area (Å²) in [5.41, 5.74) is 0. The maximum Gasteiger partial charge on any atom is 0.125 e. The minimum Gasteiger partial charge on any atom is -0.392 e. The predicted octanol–water partition coefficient (Wildman–Crippen LogP) is 1.54. The lowest BCUT2D eigenvalue weighted by Crippen LogP contribution is -2.18. The minimum absolute atomic E-state index is 0.236. The molecule has 0 aromatic heterocycles. The van der Waals surface area contributed by atoms with Crippen LogP contribution in [0.25, 0.3) is 0 Å². The van der Waals surface area contributed by atoms with Gasteiger partial charge in [-0.05, 0) is 19.3 Å². The zero-order valence-electron chi connectivity index (χ0n) is 6.99. The summed E-state index contributed by atoms with van der Waals surface area (Å²) < 4.78 is 0. The molecule has 11 heavy (non-hydrogen) atoms. The van der Waals surface area contributed by atoms with Gasteiger partial charge in [-0.3, -0.25) is 0 Å². The summed E-state index contributed by atoms with van der Waals surface area (Å²) in [4.78, 5) is 10.2. The first-order valence-corrected chi connectivity index (χ1v) is 3.96. The van der Waals surface area contributed by atoms with Gasteiger partial charge in [-0.25, -0.2) is 0 Å². The molecule has 0 amide bonds. The monoisotopic (exact) mass is 156 g/mol. The number of rotatable bonds is 6. The molecule has 0 aliphatic heterocycles.